The van der Waals surface area contributed by atoms with Crippen molar-refractivity contribution in [3.05, 3.63) is 101 Å². The second-order valence-corrected chi connectivity index (χ2v) is 10.2. The third-order valence-electron chi connectivity index (χ3n) is 7.21. The Morgan fingerprint density at radius 1 is 0.829 bits per heavy atom. The summed E-state index contributed by atoms with van der Waals surface area (Å²) in [5.74, 6) is 1.54. The summed E-state index contributed by atoms with van der Waals surface area (Å²) in [6.45, 7) is 2.67. The van der Waals surface area contributed by atoms with Crippen molar-refractivity contribution in [2.75, 3.05) is 44.4 Å². The van der Waals surface area contributed by atoms with Gasteiger partial charge >= 0.3 is 0 Å². The first-order chi connectivity index (χ1) is 20.0. The van der Waals surface area contributed by atoms with E-state index in [1.807, 2.05) is 66.7 Å². The van der Waals surface area contributed by atoms with Gasteiger partial charge in [-0.1, -0.05) is 60.1 Å². The summed E-state index contributed by atoms with van der Waals surface area (Å²) in [5, 5.41) is 9.40. The lowest BCUT2D eigenvalue weighted by atomic mass is 10.1. The molecule has 0 N–H and O–H groups in total. The number of halogens is 1. The molecule has 2 amide bonds. The van der Waals surface area contributed by atoms with Gasteiger partial charge in [-0.3, -0.25) is 9.59 Å². The third-order valence-corrected chi connectivity index (χ3v) is 7.54. The van der Waals surface area contributed by atoms with E-state index in [1.165, 1.54) is 0 Å². The molecule has 1 aromatic heterocycles. The van der Waals surface area contributed by atoms with Crippen molar-refractivity contribution < 1.29 is 19.1 Å². The Morgan fingerprint density at radius 3 is 2.34 bits per heavy atom. The predicted octanol–water partition coefficient (Wildman–Crippen LogP) is 4.52. The number of rotatable bonds is 7. The number of amides is 2. The zero-order chi connectivity index (χ0) is 28.2. The highest BCUT2D eigenvalue weighted by Gasteiger charge is 2.27. The van der Waals surface area contributed by atoms with Gasteiger partial charge in [-0.2, -0.15) is 0 Å². The van der Waals surface area contributed by atoms with Crippen LogP contribution in [-0.4, -0.2) is 71.3 Å². The van der Waals surface area contributed by atoms with Crippen molar-refractivity contribution >= 4 is 29.2 Å². The quantitative estimate of drug-likeness (QED) is 0.323. The molecular formula is C31H28ClN5O4. The van der Waals surface area contributed by atoms with E-state index >= 15 is 0 Å². The van der Waals surface area contributed by atoms with Crippen LogP contribution in [0.5, 0.6) is 11.5 Å². The normalized spacial score (nSPS) is 14.2. The molecule has 6 rings (SSSR count). The van der Waals surface area contributed by atoms with Crippen molar-refractivity contribution in [2.45, 2.75) is 6.54 Å². The molecule has 0 spiro atoms. The summed E-state index contributed by atoms with van der Waals surface area (Å²) in [6, 6.07) is 26.1. The van der Waals surface area contributed by atoms with Crippen LogP contribution in [0.3, 0.4) is 0 Å². The molecule has 2 aliphatic rings. The standard InChI is InChI=1S/C31H28ClN5O4/c32-25-9-5-4-8-24(25)26-11-13-29(34-33-26)35-14-16-36(17-15-35)30(38)20-37(19-22-6-2-1-3-7-22)31(39)23-10-12-27-28(18-23)41-21-40-27/h1-13,18H,14-17,19-21H2. The van der Waals surface area contributed by atoms with Crippen LogP contribution in [-0.2, 0) is 11.3 Å². The number of aromatic nitrogens is 2. The second-order valence-electron chi connectivity index (χ2n) is 9.84. The lowest BCUT2D eigenvalue weighted by molar-refractivity contribution is -0.132. The summed E-state index contributed by atoms with van der Waals surface area (Å²) in [4.78, 5) is 32.5. The summed E-state index contributed by atoms with van der Waals surface area (Å²) in [7, 11) is 0. The maximum Gasteiger partial charge on any atom is 0.254 e. The van der Waals surface area contributed by atoms with E-state index in [0.717, 1.165) is 16.9 Å². The number of anilines is 1. The van der Waals surface area contributed by atoms with Crippen LogP contribution in [0.2, 0.25) is 5.02 Å². The smallest absolute Gasteiger partial charge is 0.254 e. The van der Waals surface area contributed by atoms with Gasteiger partial charge in [-0.05, 0) is 42.0 Å². The third kappa shape index (κ3) is 5.95. The van der Waals surface area contributed by atoms with Crippen molar-refractivity contribution in [1.82, 2.24) is 20.0 Å². The molecule has 41 heavy (non-hydrogen) atoms. The van der Waals surface area contributed by atoms with Gasteiger partial charge in [0.2, 0.25) is 12.7 Å². The molecule has 1 fully saturated rings. The monoisotopic (exact) mass is 569 g/mol. The Bertz CT molecular complexity index is 1540. The fourth-order valence-electron chi connectivity index (χ4n) is 4.97. The zero-order valence-electron chi connectivity index (χ0n) is 22.3. The molecule has 1 saturated heterocycles. The van der Waals surface area contributed by atoms with Gasteiger partial charge in [-0.15, -0.1) is 10.2 Å². The molecule has 0 bridgehead atoms. The average molecular weight is 570 g/mol. The summed E-state index contributed by atoms with van der Waals surface area (Å²) in [5.41, 5.74) is 2.93. The zero-order valence-corrected chi connectivity index (χ0v) is 23.0. The molecule has 9 nitrogen and oxygen atoms in total. The van der Waals surface area contributed by atoms with Crippen molar-refractivity contribution in [3.63, 3.8) is 0 Å². The van der Waals surface area contributed by atoms with Crippen LogP contribution in [0.4, 0.5) is 5.82 Å². The minimum atomic E-state index is -0.243. The maximum absolute atomic E-state index is 13.6. The number of piperazine rings is 1. The van der Waals surface area contributed by atoms with E-state index in [1.54, 1.807) is 28.0 Å². The highest BCUT2D eigenvalue weighted by atomic mass is 35.5. The molecule has 0 aliphatic carbocycles. The van der Waals surface area contributed by atoms with Gasteiger partial charge < -0.3 is 24.2 Å². The number of carbonyl (C=O) groups is 2. The summed E-state index contributed by atoms with van der Waals surface area (Å²) < 4.78 is 10.8. The molecule has 4 aromatic rings. The van der Waals surface area contributed by atoms with Crippen molar-refractivity contribution in [2.24, 2.45) is 0 Å². The summed E-state index contributed by atoms with van der Waals surface area (Å²) in [6.07, 6.45) is 0. The highest BCUT2D eigenvalue weighted by Crippen LogP contribution is 2.33. The lowest BCUT2D eigenvalue weighted by Gasteiger charge is -2.36. The molecule has 10 heteroatoms. The number of benzene rings is 3. The molecular weight excluding hydrogens is 542 g/mol. The molecule has 0 saturated carbocycles. The van der Waals surface area contributed by atoms with Crippen LogP contribution >= 0.6 is 11.6 Å². The Morgan fingerprint density at radius 2 is 1.59 bits per heavy atom. The maximum atomic E-state index is 13.6. The van der Waals surface area contributed by atoms with Gasteiger partial charge in [0.05, 0.1) is 10.7 Å². The van der Waals surface area contributed by atoms with Gasteiger partial charge in [0, 0.05) is 43.9 Å². The molecule has 0 atom stereocenters. The highest BCUT2D eigenvalue weighted by molar-refractivity contribution is 6.33. The minimum Gasteiger partial charge on any atom is -0.454 e. The molecule has 0 radical (unpaired) electrons. The first kappa shape index (κ1) is 26.6. The lowest BCUT2D eigenvalue weighted by Crippen LogP contribution is -2.52. The first-order valence-electron chi connectivity index (χ1n) is 13.4. The molecule has 3 aromatic carbocycles. The number of hydrogen-bond acceptors (Lipinski definition) is 7. The average Bonchev–Trinajstić information content (AvgIpc) is 3.49. The van der Waals surface area contributed by atoms with E-state index in [4.69, 9.17) is 21.1 Å². The van der Waals surface area contributed by atoms with Gasteiger partial charge in [0.1, 0.15) is 6.54 Å². The molecule has 208 valence electrons. The predicted molar refractivity (Wildman–Crippen MR) is 155 cm³/mol. The van der Waals surface area contributed by atoms with E-state index in [2.05, 4.69) is 15.1 Å². The minimum absolute atomic E-state index is 0.0332. The fourth-order valence-corrected chi connectivity index (χ4v) is 5.20. The van der Waals surface area contributed by atoms with Crippen LogP contribution in [0.15, 0.2) is 84.9 Å². The van der Waals surface area contributed by atoms with Gasteiger partial charge in [-0.25, -0.2) is 0 Å². The number of hydrogen-bond donors (Lipinski definition) is 0. The Labute approximate surface area is 242 Å². The van der Waals surface area contributed by atoms with Gasteiger partial charge in [0.25, 0.3) is 5.91 Å². The largest absolute Gasteiger partial charge is 0.454 e. The second kappa shape index (κ2) is 11.9. The van der Waals surface area contributed by atoms with Crippen molar-refractivity contribution in [1.29, 1.82) is 0 Å². The van der Waals surface area contributed by atoms with E-state index in [-0.39, 0.29) is 25.2 Å². The van der Waals surface area contributed by atoms with E-state index in [9.17, 15) is 9.59 Å². The molecule has 0 unspecified atom stereocenters. The molecule has 3 heterocycles. The van der Waals surface area contributed by atoms with E-state index in [0.29, 0.717) is 60.5 Å². The summed E-state index contributed by atoms with van der Waals surface area (Å²) >= 11 is 6.30. The number of fused-ring (bicyclic) bond motifs is 1. The number of ether oxygens (including phenoxy) is 2. The van der Waals surface area contributed by atoms with Crippen LogP contribution in [0, 0.1) is 0 Å². The van der Waals surface area contributed by atoms with Crippen molar-refractivity contribution in [3.8, 4) is 22.8 Å². The van der Waals surface area contributed by atoms with Crippen LogP contribution in [0.25, 0.3) is 11.3 Å². The first-order valence-corrected chi connectivity index (χ1v) is 13.8. The van der Waals surface area contributed by atoms with Gasteiger partial charge in [0.15, 0.2) is 17.3 Å². The Hall–Kier alpha value is -4.63. The van der Waals surface area contributed by atoms with E-state index < -0.39 is 0 Å². The van der Waals surface area contributed by atoms with Crippen LogP contribution in [0.1, 0.15) is 15.9 Å². The number of nitrogens with zero attached hydrogens (tertiary/aromatic N) is 5. The Balaban J connectivity index is 1.11. The van der Waals surface area contributed by atoms with Crippen LogP contribution < -0.4 is 14.4 Å². The SMILES string of the molecule is O=C(CN(Cc1ccccc1)C(=O)c1ccc2c(c1)OCO2)N1CCN(c2ccc(-c3ccccc3Cl)nn2)CC1. The fraction of sp³-hybridized carbons (Fsp3) is 0.226. The molecule has 2 aliphatic heterocycles. The number of carbonyl (C=O) groups excluding carboxylic acids is 2. The Kier molecular flexibility index (Phi) is 7.69. The topological polar surface area (TPSA) is 88.1 Å².